The lowest BCUT2D eigenvalue weighted by atomic mass is 10.1. The highest BCUT2D eigenvalue weighted by atomic mass is 19.4. The van der Waals surface area contributed by atoms with Gasteiger partial charge in [-0.3, -0.25) is 0 Å². The van der Waals surface area contributed by atoms with E-state index in [4.69, 9.17) is 5.73 Å². The molecule has 0 saturated heterocycles. The van der Waals surface area contributed by atoms with Crippen LogP contribution in [0.15, 0.2) is 24.3 Å². The van der Waals surface area contributed by atoms with Crippen molar-refractivity contribution in [1.29, 1.82) is 0 Å². The molecule has 0 fully saturated rings. The maximum atomic E-state index is 12.8. The zero-order valence-corrected chi connectivity index (χ0v) is 11.9. The summed E-state index contributed by atoms with van der Waals surface area (Å²) < 4.78 is 39.8. The molecule has 0 unspecified atom stereocenters. The monoisotopic (exact) mass is 298 g/mol. The zero-order chi connectivity index (χ0) is 15.6. The standard InChI is InChI=1S/C14H17F3N4/c1-9(2)6-13-12(8-18)19-20-21(13)11-5-3-4-10(7-11)14(15,16)17/h3-5,7,9H,6,8,18H2,1-2H3. The molecular weight excluding hydrogens is 281 g/mol. The van der Waals surface area contributed by atoms with Gasteiger partial charge < -0.3 is 5.73 Å². The zero-order valence-electron chi connectivity index (χ0n) is 11.9. The molecule has 1 aromatic carbocycles. The van der Waals surface area contributed by atoms with Gasteiger partial charge in [-0.1, -0.05) is 25.1 Å². The van der Waals surface area contributed by atoms with Crippen LogP contribution in [0, 0.1) is 5.92 Å². The Morgan fingerprint density at radius 2 is 2.00 bits per heavy atom. The average Bonchev–Trinajstić information content (AvgIpc) is 2.80. The van der Waals surface area contributed by atoms with Crippen LogP contribution in [0.3, 0.4) is 0 Å². The number of nitrogens with zero attached hydrogens (tertiary/aromatic N) is 3. The Labute approximate surface area is 120 Å². The highest BCUT2D eigenvalue weighted by Gasteiger charge is 2.30. The van der Waals surface area contributed by atoms with Gasteiger partial charge in [0.2, 0.25) is 0 Å². The summed E-state index contributed by atoms with van der Waals surface area (Å²) in [6.45, 7) is 4.24. The number of nitrogens with two attached hydrogens (primary N) is 1. The van der Waals surface area contributed by atoms with Gasteiger partial charge in [-0.25, -0.2) is 4.68 Å². The van der Waals surface area contributed by atoms with Crippen LogP contribution in [0.5, 0.6) is 0 Å². The van der Waals surface area contributed by atoms with Crippen LogP contribution in [-0.4, -0.2) is 15.0 Å². The third-order valence-electron chi connectivity index (χ3n) is 3.06. The number of benzene rings is 1. The number of hydrogen-bond acceptors (Lipinski definition) is 3. The first kappa shape index (κ1) is 15.5. The summed E-state index contributed by atoms with van der Waals surface area (Å²) in [5.74, 6) is 0.318. The molecule has 0 aliphatic heterocycles. The Morgan fingerprint density at radius 1 is 1.29 bits per heavy atom. The van der Waals surface area contributed by atoms with Gasteiger partial charge in [0.25, 0.3) is 0 Å². The molecular formula is C14H17F3N4. The van der Waals surface area contributed by atoms with Gasteiger partial charge >= 0.3 is 6.18 Å². The topological polar surface area (TPSA) is 56.7 Å². The fourth-order valence-electron chi connectivity index (χ4n) is 2.10. The minimum Gasteiger partial charge on any atom is -0.325 e. The van der Waals surface area contributed by atoms with Crippen LogP contribution in [0.25, 0.3) is 5.69 Å². The van der Waals surface area contributed by atoms with E-state index in [1.165, 1.54) is 10.7 Å². The lowest BCUT2D eigenvalue weighted by Gasteiger charge is -2.12. The van der Waals surface area contributed by atoms with E-state index in [0.29, 0.717) is 23.7 Å². The molecule has 0 saturated carbocycles. The van der Waals surface area contributed by atoms with Crippen LogP contribution >= 0.6 is 0 Å². The molecule has 1 heterocycles. The minimum absolute atomic E-state index is 0.209. The highest BCUT2D eigenvalue weighted by Crippen LogP contribution is 2.30. The molecule has 0 amide bonds. The fourth-order valence-corrected chi connectivity index (χ4v) is 2.10. The van der Waals surface area contributed by atoms with E-state index in [1.54, 1.807) is 6.07 Å². The molecule has 7 heteroatoms. The van der Waals surface area contributed by atoms with Crippen molar-refractivity contribution in [2.75, 3.05) is 0 Å². The lowest BCUT2D eigenvalue weighted by molar-refractivity contribution is -0.137. The van der Waals surface area contributed by atoms with Crippen molar-refractivity contribution < 1.29 is 13.2 Å². The molecule has 0 bridgehead atoms. The number of alkyl halides is 3. The molecule has 0 aliphatic carbocycles. The van der Waals surface area contributed by atoms with E-state index >= 15 is 0 Å². The quantitative estimate of drug-likeness (QED) is 0.944. The van der Waals surface area contributed by atoms with Crippen LogP contribution in [0.2, 0.25) is 0 Å². The molecule has 1 aromatic heterocycles. The van der Waals surface area contributed by atoms with Gasteiger partial charge in [-0.2, -0.15) is 13.2 Å². The van der Waals surface area contributed by atoms with Crippen molar-refractivity contribution in [1.82, 2.24) is 15.0 Å². The Balaban J connectivity index is 2.49. The van der Waals surface area contributed by atoms with Gasteiger partial charge in [0.15, 0.2) is 0 Å². The normalized spacial score (nSPS) is 12.1. The Kier molecular flexibility index (Phi) is 4.32. The molecule has 0 atom stereocenters. The van der Waals surface area contributed by atoms with E-state index in [-0.39, 0.29) is 6.54 Å². The number of halogens is 3. The maximum absolute atomic E-state index is 12.8. The third-order valence-corrected chi connectivity index (χ3v) is 3.06. The van der Waals surface area contributed by atoms with E-state index in [0.717, 1.165) is 17.8 Å². The Morgan fingerprint density at radius 3 is 2.57 bits per heavy atom. The van der Waals surface area contributed by atoms with E-state index in [9.17, 15) is 13.2 Å². The summed E-state index contributed by atoms with van der Waals surface area (Å²) in [5, 5.41) is 7.92. The predicted octanol–water partition coefficient (Wildman–Crippen LogP) is 2.94. The first-order chi connectivity index (χ1) is 9.82. The third kappa shape index (κ3) is 3.41. The van der Waals surface area contributed by atoms with Crippen molar-refractivity contribution in [3.05, 3.63) is 41.2 Å². The maximum Gasteiger partial charge on any atom is 0.416 e. The largest absolute Gasteiger partial charge is 0.416 e. The fraction of sp³-hybridized carbons (Fsp3) is 0.429. The second-order valence-corrected chi connectivity index (χ2v) is 5.24. The molecule has 0 aliphatic rings. The van der Waals surface area contributed by atoms with E-state index < -0.39 is 11.7 Å². The van der Waals surface area contributed by atoms with E-state index in [1.807, 2.05) is 13.8 Å². The summed E-state index contributed by atoms with van der Waals surface area (Å²) in [5.41, 5.74) is 6.62. The molecule has 0 spiro atoms. The second-order valence-electron chi connectivity index (χ2n) is 5.24. The summed E-state index contributed by atoms with van der Waals surface area (Å²) in [6.07, 6.45) is -3.73. The Hall–Kier alpha value is -1.89. The van der Waals surface area contributed by atoms with Gasteiger partial charge in [0.1, 0.15) is 0 Å². The molecule has 4 nitrogen and oxygen atoms in total. The number of hydrogen-bond donors (Lipinski definition) is 1. The van der Waals surface area contributed by atoms with Gasteiger partial charge in [-0.15, -0.1) is 5.10 Å². The molecule has 2 N–H and O–H groups in total. The Bertz CT molecular complexity index is 617. The smallest absolute Gasteiger partial charge is 0.325 e. The minimum atomic E-state index is -4.38. The van der Waals surface area contributed by atoms with Crippen molar-refractivity contribution >= 4 is 0 Å². The lowest BCUT2D eigenvalue weighted by Crippen LogP contribution is -2.11. The SMILES string of the molecule is CC(C)Cc1c(CN)nnn1-c1cccc(C(F)(F)F)c1. The molecule has 21 heavy (non-hydrogen) atoms. The molecule has 2 rings (SSSR count). The summed E-state index contributed by atoms with van der Waals surface area (Å²) in [6, 6.07) is 5.04. The van der Waals surface area contributed by atoms with Crippen molar-refractivity contribution in [3.63, 3.8) is 0 Å². The molecule has 0 radical (unpaired) electrons. The summed E-state index contributed by atoms with van der Waals surface area (Å²) in [7, 11) is 0. The summed E-state index contributed by atoms with van der Waals surface area (Å²) in [4.78, 5) is 0. The number of rotatable bonds is 4. The van der Waals surface area contributed by atoms with Gasteiger partial charge in [0, 0.05) is 6.54 Å². The summed E-state index contributed by atoms with van der Waals surface area (Å²) >= 11 is 0. The average molecular weight is 298 g/mol. The van der Waals surface area contributed by atoms with Gasteiger partial charge in [-0.05, 0) is 30.5 Å². The second kappa shape index (κ2) is 5.85. The van der Waals surface area contributed by atoms with Crippen LogP contribution in [0.1, 0.15) is 30.8 Å². The van der Waals surface area contributed by atoms with Crippen LogP contribution < -0.4 is 5.73 Å². The van der Waals surface area contributed by atoms with Crippen molar-refractivity contribution in [3.8, 4) is 5.69 Å². The first-order valence-electron chi connectivity index (χ1n) is 6.64. The van der Waals surface area contributed by atoms with Crippen molar-refractivity contribution in [2.45, 2.75) is 33.0 Å². The molecule has 2 aromatic rings. The van der Waals surface area contributed by atoms with Gasteiger partial charge in [0.05, 0.1) is 22.6 Å². The number of aromatic nitrogens is 3. The van der Waals surface area contributed by atoms with Crippen LogP contribution in [0.4, 0.5) is 13.2 Å². The van der Waals surface area contributed by atoms with Crippen molar-refractivity contribution in [2.24, 2.45) is 11.7 Å². The first-order valence-corrected chi connectivity index (χ1v) is 6.64. The van der Waals surface area contributed by atoms with E-state index in [2.05, 4.69) is 10.3 Å². The van der Waals surface area contributed by atoms with Crippen LogP contribution in [-0.2, 0) is 19.1 Å². The predicted molar refractivity (Wildman–Crippen MR) is 72.8 cm³/mol. The molecule has 114 valence electrons. The highest BCUT2D eigenvalue weighted by molar-refractivity contribution is 5.38.